The molecule has 0 spiro atoms. The lowest BCUT2D eigenvalue weighted by molar-refractivity contribution is -0.140. The van der Waals surface area contributed by atoms with E-state index in [2.05, 4.69) is 20.8 Å². The van der Waals surface area contributed by atoms with Crippen molar-refractivity contribution in [1.29, 1.82) is 0 Å². The molecule has 0 radical (unpaired) electrons. The Morgan fingerprint density at radius 2 is 1.64 bits per heavy atom. The number of rotatable bonds is 6. The summed E-state index contributed by atoms with van der Waals surface area (Å²) in [7, 11) is 0. The van der Waals surface area contributed by atoms with E-state index in [9.17, 15) is 4.79 Å². The van der Waals surface area contributed by atoms with Gasteiger partial charge in [-0.25, -0.2) is 0 Å². The molecule has 0 rings (SSSR count). The van der Waals surface area contributed by atoms with Crippen molar-refractivity contribution in [2.24, 2.45) is 5.41 Å². The summed E-state index contributed by atoms with van der Waals surface area (Å²) in [6, 6.07) is 0. The van der Waals surface area contributed by atoms with Crippen LogP contribution in [0.3, 0.4) is 0 Å². The van der Waals surface area contributed by atoms with Gasteiger partial charge in [0.1, 0.15) is 0 Å². The first-order valence-corrected chi connectivity index (χ1v) is 5.79. The molecule has 0 aromatic carbocycles. The molecule has 0 aliphatic heterocycles. The molecule has 0 aromatic rings. The predicted octanol–water partition coefficient (Wildman–Crippen LogP) is 3.07. The molecule has 0 unspecified atom stereocenters. The van der Waals surface area contributed by atoms with Crippen LogP contribution in [0.15, 0.2) is 0 Å². The summed E-state index contributed by atoms with van der Waals surface area (Å²) in [5.41, 5.74) is -0.179. The molecule has 0 atom stereocenters. The van der Waals surface area contributed by atoms with Gasteiger partial charge in [0.05, 0.1) is 0 Å². The van der Waals surface area contributed by atoms with Crippen molar-refractivity contribution in [3.8, 4) is 0 Å². The topological polar surface area (TPSA) is 20.3 Å². The molecule has 14 heavy (non-hydrogen) atoms. The van der Waals surface area contributed by atoms with Crippen LogP contribution in [0.1, 0.15) is 53.9 Å². The second-order valence-electron chi connectivity index (χ2n) is 4.46. The minimum atomic E-state index is -0.179. The van der Waals surface area contributed by atoms with Crippen LogP contribution in [0.2, 0.25) is 0 Å². The monoisotopic (exact) mass is 199 g/mol. The molecule has 0 saturated carbocycles. The van der Waals surface area contributed by atoms with Crippen molar-refractivity contribution in [3.63, 3.8) is 0 Å². The number of hydrogen-bond donors (Lipinski definition) is 0. The molecule has 0 heterocycles. The average molecular weight is 199 g/mol. The van der Waals surface area contributed by atoms with E-state index in [-0.39, 0.29) is 5.41 Å². The summed E-state index contributed by atoms with van der Waals surface area (Å²) >= 11 is 0. The first kappa shape index (κ1) is 13.5. The van der Waals surface area contributed by atoms with Gasteiger partial charge in [-0.05, 0) is 20.3 Å². The summed E-state index contributed by atoms with van der Waals surface area (Å²) in [6.45, 7) is 12.0. The van der Waals surface area contributed by atoms with Gasteiger partial charge in [0.2, 0.25) is 5.91 Å². The third kappa shape index (κ3) is 3.69. The lowest BCUT2D eigenvalue weighted by Crippen LogP contribution is -2.40. The SMILES string of the molecule is CCCCC(C)(C)C(=O)N(CC)CC. The Kier molecular flexibility index (Phi) is 5.82. The van der Waals surface area contributed by atoms with E-state index in [0.29, 0.717) is 5.91 Å². The normalized spacial score (nSPS) is 11.5. The molecular weight excluding hydrogens is 174 g/mol. The zero-order valence-corrected chi connectivity index (χ0v) is 10.4. The number of amides is 1. The van der Waals surface area contributed by atoms with E-state index in [4.69, 9.17) is 0 Å². The first-order valence-electron chi connectivity index (χ1n) is 5.79. The number of carbonyl (C=O) groups excluding carboxylic acids is 1. The highest BCUT2D eigenvalue weighted by molar-refractivity contribution is 5.81. The van der Waals surface area contributed by atoms with Crippen molar-refractivity contribution in [2.45, 2.75) is 53.9 Å². The van der Waals surface area contributed by atoms with Crippen LogP contribution in [0.4, 0.5) is 0 Å². The zero-order valence-electron chi connectivity index (χ0n) is 10.4. The highest BCUT2D eigenvalue weighted by atomic mass is 16.2. The maximum Gasteiger partial charge on any atom is 0.228 e. The molecule has 0 saturated heterocycles. The zero-order chi connectivity index (χ0) is 11.2. The maximum absolute atomic E-state index is 12.1. The molecule has 0 bridgehead atoms. The van der Waals surface area contributed by atoms with E-state index < -0.39 is 0 Å². The molecule has 0 N–H and O–H groups in total. The van der Waals surface area contributed by atoms with Gasteiger partial charge >= 0.3 is 0 Å². The minimum Gasteiger partial charge on any atom is -0.343 e. The van der Waals surface area contributed by atoms with Gasteiger partial charge in [-0.15, -0.1) is 0 Å². The fraction of sp³-hybridized carbons (Fsp3) is 0.917. The van der Waals surface area contributed by atoms with Gasteiger partial charge in [-0.2, -0.15) is 0 Å². The molecule has 0 aliphatic rings. The largest absolute Gasteiger partial charge is 0.343 e. The lowest BCUT2D eigenvalue weighted by atomic mass is 9.85. The second-order valence-corrected chi connectivity index (χ2v) is 4.46. The lowest BCUT2D eigenvalue weighted by Gasteiger charge is -2.30. The highest BCUT2D eigenvalue weighted by Crippen LogP contribution is 2.25. The highest BCUT2D eigenvalue weighted by Gasteiger charge is 2.29. The Morgan fingerprint density at radius 1 is 1.14 bits per heavy atom. The van der Waals surface area contributed by atoms with Crippen LogP contribution in [0.5, 0.6) is 0 Å². The van der Waals surface area contributed by atoms with Crippen LogP contribution in [-0.2, 0) is 4.79 Å². The summed E-state index contributed by atoms with van der Waals surface area (Å²) < 4.78 is 0. The van der Waals surface area contributed by atoms with E-state index >= 15 is 0 Å². The van der Waals surface area contributed by atoms with Crippen molar-refractivity contribution in [3.05, 3.63) is 0 Å². The molecule has 84 valence electrons. The average Bonchev–Trinajstić information content (AvgIpc) is 2.16. The van der Waals surface area contributed by atoms with E-state index in [0.717, 1.165) is 32.4 Å². The Labute approximate surface area is 88.7 Å². The van der Waals surface area contributed by atoms with Crippen molar-refractivity contribution >= 4 is 5.91 Å². The Hall–Kier alpha value is -0.530. The van der Waals surface area contributed by atoms with Crippen LogP contribution >= 0.6 is 0 Å². The smallest absolute Gasteiger partial charge is 0.228 e. The van der Waals surface area contributed by atoms with Gasteiger partial charge in [0.25, 0.3) is 0 Å². The summed E-state index contributed by atoms with van der Waals surface area (Å²) in [4.78, 5) is 14.0. The van der Waals surface area contributed by atoms with Crippen molar-refractivity contribution < 1.29 is 4.79 Å². The molecule has 0 fully saturated rings. The predicted molar refractivity (Wildman–Crippen MR) is 61.2 cm³/mol. The Balaban J connectivity index is 4.31. The third-order valence-electron chi connectivity index (χ3n) is 2.78. The Bertz CT molecular complexity index is 171. The summed E-state index contributed by atoms with van der Waals surface area (Å²) in [5.74, 6) is 0.302. The number of hydrogen-bond acceptors (Lipinski definition) is 1. The number of carbonyl (C=O) groups is 1. The molecule has 0 aromatic heterocycles. The van der Waals surface area contributed by atoms with Gasteiger partial charge in [-0.3, -0.25) is 4.79 Å². The summed E-state index contributed by atoms with van der Waals surface area (Å²) in [6.07, 6.45) is 3.30. The van der Waals surface area contributed by atoms with E-state index in [1.807, 2.05) is 18.7 Å². The third-order valence-corrected chi connectivity index (χ3v) is 2.78. The molecule has 1 amide bonds. The fourth-order valence-corrected chi connectivity index (χ4v) is 1.66. The minimum absolute atomic E-state index is 0.179. The fourth-order valence-electron chi connectivity index (χ4n) is 1.66. The van der Waals surface area contributed by atoms with Gasteiger partial charge in [0.15, 0.2) is 0 Å². The first-order chi connectivity index (χ1) is 6.49. The quantitative estimate of drug-likeness (QED) is 0.644. The molecule has 2 nitrogen and oxygen atoms in total. The van der Waals surface area contributed by atoms with Crippen molar-refractivity contribution in [1.82, 2.24) is 4.90 Å². The second kappa shape index (κ2) is 6.05. The van der Waals surface area contributed by atoms with Crippen LogP contribution < -0.4 is 0 Å². The van der Waals surface area contributed by atoms with Crippen molar-refractivity contribution in [2.75, 3.05) is 13.1 Å². The van der Waals surface area contributed by atoms with E-state index in [1.54, 1.807) is 0 Å². The van der Waals surface area contributed by atoms with Gasteiger partial charge in [-0.1, -0.05) is 33.6 Å². The van der Waals surface area contributed by atoms with Crippen LogP contribution in [-0.4, -0.2) is 23.9 Å². The maximum atomic E-state index is 12.1. The van der Waals surface area contributed by atoms with Crippen LogP contribution in [0, 0.1) is 5.41 Å². The Morgan fingerprint density at radius 3 is 2.00 bits per heavy atom. The van der Waals surface area contributed by atoms with E-state index in [1.165, 1.54) is 0 Å². The molecular formula is C12H25NO. The van der Waals surface area contributed by atoms with Gasteiger partial charge < -0.3 is 4.90 Å². The van der Waals surface area contributed by atoms with Gasteiger partial charge in [0, 0.05) is 18.5 Å². The number of nitrogens with zero attached hydrogens (tertiary/aromatic N) is 1. The molecule has 2 heteroatoms. The standard InChI is InChI=1S/C12H25NO/c1-6-9-10-12(4,5)11(14)13(7-2)8-3/h6-10H2,1-5H3. The summed E-state index contributed by atoms with van der Waals surface area (Å²) in [5, 5.41) is 0. The molecule has 0 aliphatic carbocycles. The van der Waals surface area contributed by atoms with Crippen LogP contribution in [0.25, 0.3) is 0 Å². The number of unbranched alkanes of at least 4 members (excludes halogenated alkanes) is 1.